The molecule has 0 saturated carbocycles. The Morgan fingerprint density at radius 3 is 1.80 bits per heavy atom. The van der Waals surface area contributed by atoms with Crippen LogP contribution in [0.2, 0.25) is 0 Å². The molecule has 0 N–H and O–H groups in total. The summed E-state index contributed by atoms with van der Waals surface area (Å²) >= 11 is 0. The average Bonchev–Trinajstić information content (AvgIpc) is 2.43. The van der Waals surface area contributed by atoms with Crippen molar-refractivity contribution in [3.05, 3.63) is 35.4 Å². The van der Waals surface area contributed by atoms with Crippen LogP contribution >= 0.6 is 0 Å². The summed E-state index contributed by atoms with van der Waals surface area (Å²) in [5, 5.41) is 0. The predicted octanol–water partition coefficient (Wildman–Crippen LogP) is 5.92. The second kappa shape index (κ2) is 8.16. The van der Waals surface area contributed by atoms with Crippen molar-refractivity contribution in [1.82, 2.24) is 0 Å². The zero-order chi connectivity index (χ0) is 19.4. The predicted molar refractivity (Wildman–Crippen MR) is 103 cm³/mol. The molecule has 1 aromatic carbocycles. The first kappa shape index (κ1) is 21.4. The summed E-state index contributed by atoms with van der Waals surface area (Å²) in [7, 11) is 0. The summed E-state index contributed by atoms with van der Waals surface area (Å²) in [5.74, 6) is 0.217. The van der Waals surface area contributed by atoms with Crippen molar-refractivity contribution in [1.29, 1.82) is 0 Å². The molecule has 1 aromatic rings. The van der Waals surface area contributed by atoms with E-state index in [1.54, 1.807) is 24.3 Å². The maximum absolute atomic E-state index is 12.5. The van der Waals surface area contributed by atoms with Gasteiger partial charge in [0.15, 0.2) is 5.78 Å². The Kier molecular flexibility index (Phi) is 6.99. The van der Waals surface area contributed by atoms with Crippen molar-refractivity contribution in [3.8, 4) is 0 Å². The van der Waals surface area contributed by atoms with Crippen LogP contribution in [0.25, 0.3) is 0 Å². The van der Waals surface area contributed by atoms with Crippen molar-refractivity contribution in [3.63, 3.8) is 0 Å². The van der Waals surface area contributed by atoms with Crippen LogP contribution in [0.3, 0.4) is 0 Å². The normalized spacial score (nSPS) is 13.6. The minimum absolute atomic E-state index is 0.0674. The first-order chi connectivity index (χ1) is 11.3. The fourth-order valence-electron chi connectivity index (χ4n) is 2.79. The van der Waals surface area contributed by atoms with Crippen LogP contribution in [0.1, 0.15) is 88.9 Å². The van der Waals surface area contributed by atoms with Gasteiger partial charge in [0.05, 0.1) is 5.56 Å². The van der Waals surface area contributed by atoms with Crippen molar-refractivity contribution in [2.45, 2.75) is 74.3 Å². The molecule has 0 saturated heterocycles. The van der Waals surface area contributed by atoms with E-state index in [1.165, 1.54) is 0 Å². The number of benzene rings is 1. The standard InChI is InChI=1S/C22H34O3/c1-15(2)13-18(14-21(3,4)5)25-20(24)17-11-9-16(10-12-17)19(23)22(6,7)8/h9-12,15,18H,13-14H2,1-8H3. The van der Waals surface area contributed by atoms with Crippen molar-refractivity contribution in [2.24, 2.45) is 16.7 Å². The largest absolute Gasteiger partial charge is 0.459 e. The van der Waals surface area contributed by atoms with E-state index in [9.17, 15) is 9.59 Å². The minimum atomic E-state index is -0.433. The van der Waals surface area contributed by atoms with Crippen molar-refractivity contribution < 1.29 is 14.3 Å². The molecule has 0 heterocycles. The van der Waals surface area contributed by atoms with Gasteiger partial charge in [-0.05, 0) is 36.3 Å². The molecule has 0 aliphatic heterocycles. The first-order valence-electron chi connectivity index (χ1n) is 9.15. The molecule has 0 aliphatic rings. The van der Waals surface area contributed by atoms with Crippen LogP contribution in [0.4, 0.5) is 0 Å². The molecule has 25 heavy (non-hydrogen) atoms. The lowest BCUT2D eigenvalue weighted by Gasteiger charge is -2.27. The van der Waals surface area contributed by atoms with E-state index >= 15 is 0 Å². The third-order valence-electron chi connectivity index (χ3n) is 3.91. The zero-order valence-electron chi connectivity index (χ0n) is 17.1. The second-order valence-corrected chi connectivity index (χ2v) is 9.58. The number of rotatable bonds is 6. The molecule has 0 aromatic heterocycles. The Labute approximate surface area is 153 Å². The smallest absolute Gasteiger partial charge is 0.338 e. The van der Waals surface area contributed by atoms with E-state index in [1.807, 2.05) is 20.8 Å². The number of esters is 1. The molecular formula is C22H34O3. The molecule has 3 nitrogen and oxygen atoms in total. The van der Waals surface area contributed by atoms with Gasteiger partial charge < -0.3 is 4.74 Å². The highest BCUT2D eigenvalue weighted by atomic mass is 16.5. The lowest BCUT2D eigenvalue weighted by molar-refractivity contribution is 0.0144. The Bertz CT molecular complexity index is 583. The molecule has 0 radical (unpaired) electrons. The van der Waals surface area contributed by atoms with E-state index in [4.69, 9.17) is 4.74 Å². The molecule has 0 bridgehead atoms. The lowest BCUT2D eigenvalue weighted by atomic mass is 9.86. The summed E-state index contributed by atoms with van der Waals surface area (Å²) in [4.78, 5) is 24.8. The zero-order valence-corrected chi connectivity index (χ0v) is 17.1. The molecule has 1 atom stereocenters. The molecule has 1 unspecified atom stereocenters. The van der Waals surface area contributed by atoms with Gasteiger partial charge in [-0.15, -0.1) is 0 Å². The van der Waals surface area contributed by atoms with Crippen molar-refractivity contribution >= 4 is 11.8 Å². The summed E-state index contributed by atoms with van der Waals surface area (Å²) in [6, 6.07) is 6.80. The average molecular weight is 347 g/mol. The highest BCUT2D eigenvalue weighted by molar-refractivity contribution is 6.00. The number of ketones is 1. The first-order valence-corrected chi connectivity index (χ1v) is 9.15. The molecule has 1 rings (SSSR count). The molecule has 0 spiro atoms. The summed E-state index contributed by atoms with van der Waals surface area (Å²) in [5.41, 5.74) is 0.783. The van der Waals surface area contributed by atoms with Gasteiger partial charge in [-0.1, -0.05) is 67.5 Å². The van der Waals surface area contributed by atoms with Gasteiger partial charge in [0.25, 0.3) is 0 Å². The lowest BCUT2D eigenvalue weighted by Crippen LogP contribution is -2.25. The van der Waals surface area contributed by atoms with Gasteiger partial charge in [0.1, 0.15) is 6.10 Å². The third kappa shape index (κ3) is 7.41. The monoisotopic (exact) mass is 346 g/mol. The third-order valence-corrected chi connectivity index (χ3v) is 3.91. The van der Waals surface area contributed by atoms with Gasteiger partial charge in [-0.25, -0.2) is 4.79 Å². The molecule has 140 valence electrons. The van der Waals surface area contributed by atoms with E-state index in [-0.39, 0.29) is 23.3 Å². The van der Waals surface area contributed by atoms with Gasteiger partial charge >= 0.3 is 5.97 Å². The van der Waals surface area contributed by atoms with E-state index < -0.39 is 5.41 Å². The second-order valence-electron chi connectivity index (χ2n) is 9.58. The minimum Gasteiger partial charge on any atom is -0.459 e. The Hall–Kier alpha value is -1.64. The van der Waals surface area contributed by atoms with Crippen LogP contribution in [-0.4, -0.2) is 17.9 Å². The fraction of sp³-hybridized carbons (Fsp3) is 0.636. The van der Waals surface area contributed by atoms with Gasteiger partial charge in [0, 0.05) is 11.0 Å². The number of carbonyl (C=O) groups excluding carboxylic acids is 2. The van der Waals surface area contributed by atoms with E-state index in [0.29, 0.717) is 17.0 Å². The molecular weight excluding hydrogens is 312 g/mol. The Morgan fingerprint density at radius 1 is 0.920 bits per heavy atom. The molecule has 3 heteroatoms. The summed E-state index contributed by atoms with van der Waals surface area (Å²) < 4.78 is 5.77. The van der Waals surface area contributed by atoms with Crippen LogP contribution in [-0.2, 0) is 4.74 Å². The quantitative estimate of drug-likeness (QED) is 0.474. The molecule has 0 amide bonds. The summed E-state index contributed by atoms with van der Waals surface area (Å²) in [6.45, 7) is 16.4. The Morgan fingerprint density at radius 2 is 1.40 bits per heavy atom. The van der Waals surface area contributed by atoms with E-state index in [0.717, 1.165) is 12.8 Å². The number of Topliss-reactive ketones (excluding diaryl/α,β-unsaturated/α-hetero) is 1. The Balaban J connectivity index is 2.85. The van der Waals surface area contributed by atoms with Crippen molar-refractivity contribution in [2.75, 3.05) is 0 Å². The maximum atomic E-state index is 12.5. The van der Waals surface area contributed by atoms with Crippen LogP contribution < -0.4 is 0 Å². The molecule has 0 fully saturated rings. The highest BCUT2D eigenvalue weighted by Crippen LogP contribution is 2.27. The number of carbonyl (C=O) groups is 2. The van der Waals surface area contributed by atoms with Gasteiger partial charge in [-0.3, -0.25) is 4.79 Å². The highest BCUT2D eigenvalue weighted by Gasteiger charge is 2.25. The number of hydrogen-bond donors (Lipinski definition) is 0. The topological polar surface area (TPSA) is 43.4 Å². The SMILES string of the molecule is CC(C)CC(CC(C)(C)C)OC(=O)c1ccc(C(=O)C(C)(C)C)cc1. The number of ether oxygens (including phenoxy) is 1. The van der Waals surface area contributed by atoms with Crippen LogP contribution in [0.15, 0.2) is 24.3 Å². The van der Waals surface area contributed by atoms with Gasteiger partial charge in [0.2, 0.25) is 0 Å². The maximum Gasteiger partial charge on any atom is 0.338 e. The molecule has 0 aliphatic carbocycles. The summed E-state index contributed by atoms with van der Waals surface area (Å²) in [6.07, 6.45) is 1.59. The van der Waals surface area contributed by atoms with Gasteiger partial charge in [-0.2, -0.15) is 0 Å². The fourth-order valence-corrected chi connectivity index (χ4v) is 2.79. The number of hydrogen-bond acceptors (Lipinski definition) is 3. The van der Waals surface area contributed by atoms with Crippen LogP contribution in [0, 0.1) is 16.7 Å². The van der Waals surface area contributed by atoms with E-state index in [2.05, 4.69) is 34.6 Å². The van der Waals surface area contributed by atoms with Crippen LogP contribution in [0.5, 0.6) is 0 Å².